The lowest BCUT2D eigenvalue weighted by atomic mass is 10.1. The first-order valence-corrected chi connectivity index (χ1v) is 6.43. The van der Waals surface area contributed by atoms with E-state index in [4.69, 9.17) is 0 Å². The van der Waals surface area contributed by atoms with Crippen LogP contribution in [0, 0.1) is 0 Å². The number of benzene rings is 1. The summed E-state index contributed by atoms with van der Waals surface area (Å²) < 4.78 is 0. The van der Waals surface area contributed by atoms with Crippen LogP contribution in [0.25, 0.3) is 0 Å². The molecule has 0 saturated carbocycles. The highest BCUT2D eigenvalue weighted by Gasteiger charge is 2.05. The fourth-order valence-electron chi connectivity index (χ4n) is 1.26. The number of carbonyl (C=O) groups excluding carboxylic acids is 2. The second-order valence-electron chi connectivity index (χ2n) is 3.51. The fraction of sp³-hybridized carbons (Fsp3) is 0.333. The predicted octanol–water partition coefficient (Wildman–Crippen LogP) is 1.45. The zero-order chi connectivity index (χ0) is 12.7. The summed E-state index contributed by atoms with van der Waals surface area (Å²) >= 11 is 3.34. The Morgan fingerprint density at radius 1 is 1.24 bits per heavy atom. The topological polar surface area (TPSA) is 58.2 Å². The number of alkyl halides is 1. The Bertz CT molecular complexity index is 390. The van der Waals surface area contributed by atoms with E-state index < -0.39 is 0 Å². The van der Waals surface area contributed by atoms with E-state index in [0.717, 1.165) is 10.9 Å². The van der Waals surface area contributed by atoms with Gasteiger partial charge in [0.15, 0.2) is 0 Å². The van der Waals surface area contributed by atoms with E-state index in [1.54, 1.807) is 19.2 Å². The van der Waals surface area contributed by atoms with Crippen LogP contribution in [0.1, 0.15) is 22.3 Å². The van der Waals surface area contributed by atoms with Gasteiger partial charge in [-0.2, -0.15) is 0 Å². The first kappa shape index (κ1) is 13.7. The first-order chi connectivity index (χ1) is 8.17. The molecule has 1 rings (SSSR count). The van der Waals surface area contributed by atoms with Gasteiger partial charge in [-0.25, -0.2) is 0 Å². The van der Waals surface area contributed by atoms with Crippen LogP contribution in [0.15, 0.2) is 24.3 Å². The van der Waals surface area contributed by atoms with Crippen molar-refractivity contribution in [2.24, 2.45) is 0 Å². The number of amides is 2. The van der Waals surface area contributed by atoms with Gasteiger partial charge in [0.25, 0.3) is 5.91 Å². The van der Waals surface area contributed by atoms with Crippen molar-refractivity contribution in [2.75, 3.05) is 13.6 Å². The Hall–Kier alpha value is -1.36. The van der Waals surface area contributed by atoms with Gasteiger partial charge >= 0.3 is 0 Å². The van der Waals surface area contributed by atoms with Crippen LogP contribution in [0.3, 0.4) is 0 Å². The largest absolute Gasteiger partial charge is 0.359 e. The summed E-state index contributed by atoms with van der Waals surface area (Å²) in [4.78, 5) is 22.6. The van der Waals surface area contributed by atoms with Crippen molar-refractivity contribution in [1.82, 2.24) is 10.6 Å². The maximum Gasteiger partial charge on any atom is 0.251 e. The van der Waals surface area contributed by atoms with E-state index >= 15 is 0 Å². The van der Waals surface area contributed by atoms with E-state index in [1.807, 2.05) is 12.1 Å². The third-order valence-corrected chi connectivity index (χ3v) is 2.93. The van der Waals surface area contributed by atoms with Crippen molar-refractivity contribution in [1.29, 1.82) is 0 Å². The van der Waals surface area contributed by atoms with Gasteiger partial charge in [-0.15, -0.1) is 0 Å². The predicted molar refractivity (Wildman–Crippen MR) is 70.1 cm³/mol. The molecular formula is C12H15BrN2O2. The molecule has 0 aromatic heterocycles. The molecule has 0 atom stereocenters. The molecule has 92 valence electrons. The van der Waals surface area contributed by atoms with Crippen molar-refractivity contribution < 1.29 is 9.59 Å². The average Bonchev–Trinajstić information content (AvgIpc) is 2.38. The molecule has 0 aliphatic heterocycles. The summed E-state index contributed by atoms with van der Waals surface area (Å²) in [5.74, 6) is -0.241. The van der Waals surface area contributed by atoms with Gasteiger partial charge in [0, 0.05) is 30.9 Å². The molecular weight excluding hydrogens is 284 g/mol. The zero-order valence-corrected chi connectivity index (χ0v) is 11.2. The molecule has 2 amide bonds. The lowest BCUT2D eigenvalue weighted by Crippen LogP contribution is -2.29. The van der Waals surface area contributed by atoms with Crippen molar-refractivity contribution in [3.63, 3.8) is 0 Å². The van der Waals surface area contributed by atoms with Crippen LogP contribution in [-0.4, -0.2) is 25.4 Å². The summed E-state index contributed by atoms with van der Waals surface area (Å²) in [5.41, 5.74) is 1.72. The Labute approximate surface area is 109 Å². The number of carbonyl (C=O) groups is 2. The van der Waals surface area contributed by atoms with Gasteiger partial charge in [0.1, 0.15) is 0 Å². The van der Waals surface area contributed by atoms with E-state index in [-0.39, 0.29) is 11.8 Å². The lowest BCUT2D eigenvalue weighted by Gasteiger charge is -2.05. The zero-order valence-electron chi connectivity index (χ0n) is 9.63. The van der Waals surface area contributed by atoms with Gasteiger partial charge < -0.3 is 10.6 Å². The summed E-state index contributed by atoms with van der Waals surface area (Å²) in [6.07, 6.45) is 0.293. The van der Waals surface area contributed by atoms with Gasteiger partial charge in [-0.1, -0.05) is 28.1 Å². The monoisotopic (exact) mass is 298 g/mol. The van der Waals surface area contributed by atoms with Crippen molar-refractivity contribution in [2.45, 2.75) is 11.8 Å². The van der Waals surface area contributed by atoms with E-state index in [0.29, 0.717) is 18.5 Å². The summed E-state index contributed by atoms with van der Waals surface area (Å²) in [6.45, 7) is 0.346. The minimum atomic E-state index is -0.157. The summed E-state index contributed by atoms with van der Waals surface area (Å²) in [5, 5.41) is 5.96. The Morgan fingerprint density at radius 2 is 1.88 bits per heavy atom. The molecule has 1 aromatic rings. The van der Waals surface area contributed by atoms with Crippen LogP contribution >= 0.6 is 15.9 Å². The second-order valence-corrected chi connectivity index (χ2v) is 4.07. The third-order valence-electron chi connectivity index (χ3n) is 2.29. The van der Waals surface area contributed by atoms with Gasteiger partial charge in [0.05, 0.1) is 0 Å². The molecule has 0 unspecified atom stereocenters. The fourth-order valence-corrected chi connectivity index (χ4v) is 1.64. The van der Waals surface area contributed by atoms with E-state index in [1.165, 1.54) is 0 Å². The van der Waals surface area contributed by atoms with Crippen LogP contribution in [0.5, 0.6) is 0 Å². The summed E-state index contributed by atoms with van der Waals surface area (Å²) in [7, 11) is 1.57. The standard InChI is InChI=1S/C12H15BrN2O2/c1-14-11(16)6-7-15-12(17)10-4-2-9(8-13)3-5-10/h2-5H,6-8H2,1H3,(H,14,16)(H,15,17). The number of rotatable bonds is 5. The molecule has 0 bridgehead atoms. The minimum absolute atomic E-state index is 0.0834. The van der Waals surface area contributed by atoms with E-state index in [2.05, 4.69) is 26.6 Å². The van der Waals surface area contributed by atoms with Crippen LogP contribution in [0.2, 0.25) is 0 Å². The SMILES string of the molecule is CNC(=O)CCNC(=O)c1ccc(CBr)cc1. The van der Waals surface area contributed by atoms with Gasteiger partial charge in [-0.3, -0.25) is 9.59 Å². The van der Waals surface area contributed by atoms with Crippen LogP contribution < -0.4 is 10.6 Å². The van der Waals surface area contributed by atoms with E-state index in [9.17, 15) is 9.59 Å². The Kier molecular flexibility index (Phi) is 5.69. The summed E-state index contributed by atoms with van der Waals surface area (Å²) in [6, 6.07) is 7.32. The molecule has 5 heteroatoms. The molecule has 17 heavy (non-hydrogen) atoms. The third kappa shape index (κ3) is 4.56. The maximum atomic E-state index is 11.7. The molecule has 0 radical (unpaired) electrons. The molecule has 0 heterocycles. The quantitative estimate of drug-likeness (QED) is 0.809. The first-order valence-electron chi connectivity index (χ1n) is 5.31. The Morgan fingerprint density at radius 3 is 2.41 bits per heavy atom. The normalized spacial score (nSPS) is 9.76. The van der Waals surface area contributed by atoms with Crippen LogP contribution in [0.4, 0.5) is 0 Å². The van der Waals surface area contributed by atoms with Gasteiger partial charge in [-0.05, 0) is 17.7 Å². The number of hydrogen-bond acceptors (Lipinski definition) is 2. The van der Waals surface area contributed by atoms with Crippen molar-refractivity contribution in [3.05, 3.63) is 35.4 Å². The molecule has 0 aliphatic carbocycles. The number of nitrogens with one attached hydrogen (secondary N) is 2. The molecule has 0 saturated heterocycles. The highest BCUT2D eigenvalue weighted by atomic mass is 79.9. The number of hydrogen-bond donors (Lipinski definition) is 2. The minimum Gasteiger partial charge on any atom is -0.359 e. The molecule has 0 fully saturated rings. The average molecular weight is 299 g/mol. The highest BCUT2D eigenvalue weighted by molar-refractivity contribution is 9.08. The molecule has 4 nitrogen and oxygen atoms in total. The maximum absolute atomic E-state index is 11.7. The highest BCUT2D eigenvalue weighted by Crippen LogP contribution is 2.07. The molecule has 0 spiro atoms. The van der Waals surface area contributed by atoms with Crippen LogP contribution in [-0.2, 0) is 10.1 Å². The van der Waals surface area contributed by atoms with Crippen molar-refractivity contribution >= 4 is 27.7 Å². The van der Waals surface area contributed by atoms with Crippen molar-refractivity contribution in [3.8, 4) is 0 Å². The molecule has 1 aromatic carbocycles. The molecule has 0 aliphatic rings. The number of halogens is 1. The molecule has 2 N–H and O–H groups in total. The smallest absolute Gasteiger partial charge is 0.251 e. The van der Waals surface area contributed by atoms with Gasteiger partial charge in [0.2, 0.25) is 5.91 Å². The second kappa shape index (κ2) is 7.06. The Balaban J connectivity index is 2.44. The lowest BCUT2D eigenvalue weighted by molar-refractivity contribution is -0.120.